The molecule has 1 fully saturated rings. The van der Waals surface area contributed by atoms with Gasteiger partial charge >= 0.3 is 0 Å². The number of amides is 1. The minimum Gasteiger partial charge on any atom is -0.301 e. The van der Waals surface area contributed by atoms with Crippen LogP contribution < -0.4 is 5.32 Å². The van der Waals surface area contributed by atoms with Crippen LogP contribution in [0.15, 0.2) is 0 Å². The molecule has 1 N–H and O–H groups in total. The van der Waals surface area contributed by atoms with Crippen LogP contribution in [0, 0.1) is 0 Å². The van der Waals surface area contributed by atoms with Gasteiger partial charge in [-0.05, 0) is 38.5 Å². The Bertz CT molecular complexity index is 429. The van der Waals surface area contributed by atoms with Crippen molar-refractivity contribution in [3.05, 3.63) is 10.6 Å². The fourth-order valence-electron chi connectivity index (χ4n) is 2.81. The summed E-state index contributed by atoms with van der Waals surface area (Å²) in [4.78, 5) is 17.8. The Labute approximate surface area is 122 Å². The molecule has 1 amide bonds. The summed E-state index contributed by atoms with van der Waals surface area (Å²) in [5.41, 5.74) is 1.22. The first-order valence-corrected chi connectivity index (χ1v) is 9.08. The molecule has 3 rings (SSSR count). The number of hydrogen-bond acceptors (Lipinski definition) is 4. The third-order valence-corrected chi connectivity index (χ3v) is 6.29. The van der Waals surface area contributed by atoms with E-state index >= 15 is 0 Å². The summed E-state index contributed by atoms with van der Waals surface area (Å²) in [5.74, 6) is 0.692. The number of anilines is 1. The lowest BCUT2D eigenvalue weighted by molar-refractivity contribution is -0.113. The van der Waals surface area contributed by atoms with Crippen LogP contribution in [0.25, 0.3) is 0 Å². The molecule has 1 aromatic rings. The molecule has 0 atom stereocenters. The van der Waals surface area contributed by atoms with Crippen LogP contribution in [-0.2, 0) is 17.6 Å². The Morgan fingerprint density at radius 1 is 1.26 bits per heavy atom. The summed E-state index contributed by atoms with van der Waals surface area (Å²) in [6.07, 6.45) is 9.95. The monoisotopic (exact) mass is 296 g/mol. The highest BCUT2D eigenvalue weighted by atomic mass is 32.2. The molecule has 0 spiro atoms. The molecule has 0 aliphatic heterocycles. The number of hydrogen-bond donors (Lipinski definition) is 1. The topological polar surface area (TPSA) is 42.0 Å². The molecule has 0 unspecified atom stereocenters. The SMILES string of the molecule is O=C(CSC1CCCC1)Nc1nc2c(s1)CCCC2. The lowest BCUT2D eigenvalue weighted by atomic mass is 10.0. The van der Waals surface area contributed by atoms with Crippen molar-refractivity contribution < 1.29 is 4.79 Å². The largest absolute Gasteiger partial charge is 0.301 e. The van der Waals surface area contributed by atoms with Crippen molar-refractivity contribution >= 4 is 34.1 Å². The highest BCUT2D eigenvalue weighted by Gasteiger charge is 2.18. The van der Waals surface area contributed by atoms with E-state index in [4.69, 9.17) is 0 Å². The van der Waals surface area contributed by atoms with Gasteiger partial charge < -0.3 is 5.32 Å². The van der Waals surface area contributed by atoms with Crippen molar-refractivity contribution in [3.8, 4) is 0 Å². The van der Waals surface area contributed by atoms with Gasteiger partial charge in [0.2, 0.25) is 5.91 Å². The Hall–Kier alpha value is -0.550. The first kappa shape index (κ1) is 13.4. The predicted octanol–water partition coefficient (Wildman–Crippen LogP) is 3.64. The van der Waals surface area contributed by atoms with E-state index in [0.29, 0.717) is 11.0 Å². The zero-order valence-electron chi connectivity index (χ0n) is 11.1. The maximum atomic E-state index is 11.9. The summed E-state index contributed by atoms with van der Waals surface area (Å²) in [7, 11) is 0. The average Bonchev–Trinajstić information content (AvgIpc) is 3.04. The van der Waals surface area contributed by atoms with Crippen molar-refractivity contribution in [2.75, 3.05) is 11.1 Å². The van der Waals surface area contributed by atoms with E-state index < -0.39 is 0 Å². The second kappa shape index (κ2) is 6.27. The number of rotatable bonds is 4. The first-order chi connectivity index (χ1) is 9.31. The molecule has 19 heavy (non-hydrogen) atoms. The fraction of sp³-hybridized carbons (Fsp3) is 0.714. The fourth-order valence-corrected chi connectivity index (χ4v) is 5.00. The molecule has 2 aliphatic rings. The van der Waals surface area contributed by atoms with Crippen molar-refractivity contribution in [2.45, 2.75) is 56.6 Å². The van der Waals surface area contributed by atoms with E-state index in [-0.39, 0.29) is 5.91 Å². The van der Waals surface area contributed by atoms with Gasteiger partial charge in [0, 0.05) is 10.1 Å². The van der Waals surface area contributed by atoms with Gasteiger partial charge in [0.15, 0.2) is 5.13 Å². The minimum atomic E-state index is 0.114. The zero-order chi connectivity index (χ0) is 13.1. The van der Waals surface area contributed by atoms with Gasteiger partial charge in [-0.1, -0.05) is 12.8 Å². The van der Waals surface area contributed by atoms with Crippen LogP contribution in [-0.4, -0.2) is 21.9 Å². The summed E-state index contributed by atoms with van der Waals surface area (Å²) >= 11 is 3.48. The van der Waals surface area contributed by atoms with Crippen molar-refractivity contribution in [1.29, 1.82) is 0 Å². The maximum Gasteiger partial charge on any atom is 0.236 e. The van der Waals surface area contributed by atoms with Crippen molar-refractivity contribution in [2.24, 2.45) is 0 Å². The number of carbonyl (C=O) groups excluding carboxylic acids is 1. The van der Waals surface area contributed by atoms with Gasteiger partial charge in [-0.3, -0.25) is 4.79 Å². The lowest BCUT2D eigenvalue weighted by Crippen LogP contribution is -2.15. The number of carbonyl (C=O) groups is 1. The van der Waals surface area contributed by atoms with Crippen LogP contribution >= 0.6 is 23.1 Å². The van der Waals surface area contributed by atoms with Gasteiger partial charge in [-0.25, -0.2) is 4.98 Å². The Balaban J connectivity index is 1.49. The van der Waals surface area contributed by atoms with Crippen LogP contribution in [0.3, 0.4) is 0 Å². The molecular weight excluding hydrogens is 276 g/mol. The molecule has 0 radical (unpaired) electrons. The van der Waals surface area contributed by atoms with Gasteiger partial charge in [0.05, 0.1) is 11.4 Å². The number of aromatic nitrogens is 1. The maximum absolute atomic E-state index is 11.9. The Kier molecular flexibility index (Phi) is 4.43. The number of thioether (sulfide) groups is 1. The van der Waals surface area contributed by atoms with E-state index in [2.05, 4.69) is 10.3 Å². The molecule has 2 aliphatic carbocycles. The normalized spacial score (nSPS) is 19.4. The summed E-state index contributed by atoms with van der Waals surface area (Å²) < 4.78 is 0. The number of nitrogens with one attached hydrogen (secondary N) is 1. The second-order valence-corrected chi connectivity index (χ2v) is 7.73. The van der Waals surface area contributed by atoms with Crippen LogP contribution in [0.1, 0.15) is 49.1 Å². The van der Waals surface area contributed by atoms with Crippen LogP contribution in [0.4, 0.5) is 5.13 Å². The van der Waals surface area contributed by atoms with Crippen LogP contribution in [0.2, 0.25) is 0 Å². The zero-order valence-corrected chi connectivity index (χ0v) is 12.7. The summed E-state index contributed by atoms with van der Waals surface area (Å²) in [6.45, 7) is 0. The molecule has 0 aromatic carbocycles. The number of thiazole rings is 1. The molecular formula is C14H20N2OS2. The Morgan fingerprint density at radius 2 is 2.05 bits per heavy atom. The molecule has 3 nitrogen and oxygen atoms in total. The van der Waals surface area contributed by atoms with Crippen LogP contribution in [0.5, 0.6) is 0 Å². The number of nitrogens with zero attached hydrogens (tertiary/aromatic N) is 1. The summed E-state index contributed by atoms with van der Waals surface area (Å²) in [5, 5.41) is 4.48. The molecule has 1 aromatic heterocycles. The number of aryl methyl sites for hydroxylation is 2. The third kappa shape index (κ3) is 3.51. The van der Waals surface area contributed by atoms with Crippen molar-refractivity contribution in [3.63, 3.8) is 0 Å². The van der Waals surface area contributed by atoms with Crippen molar-refractivity contribution in [1.82, 2.24) is 4.98 Å². The highest BCUT2D eigenvalue weighted by Crippen LogP contribution is 2.31. The van der Waals surface area contributed by atoms with Gasteiger partial charge in [0.1, 0.15) is 0 Å². The first-order valence-electron chi connectivity index (χ1n) is 7.21. The van der Waals surface area contributed by atoms with E-state index in [1.807, 2.05) is 11.8 Å². The Morgan fingerprint density at radius 3 is 2.84 bits per heavy atom. The smallest absolute Gasteiger partial charge is 0.236 e. The molecule has 104 valence electrons. The van der Waals surface area contributed by atoms with Gasteiger partial charge in [-0.2, -0.15) is 0 Å². The van der Waals surface area contributed by atoms with E-state index in [1.54, 1.807) is 11.3 Å². The number of fused-ring (bicyclic) bond motifs is 1. The molecule has 5 heteroatoms. The standard InChI is InChI=1S/C14H20N2OS2/c17-13(9-18-10-5-1-2-6-10)16-14-15-11-7-3-4-8-12(11)19-14/h10H,1-9H2,(H,15,16,17). The quantitative estimate of drug-likeness (QED) is 0.922. The third-order valence-electron chi connectivity index (χ3n) is 3.84. The van der Waals surface area contributed by atoms with Gasteiger partial charge in [0.25, 0.3) is 0 Å². The molecule has 0 saturated heterocycles. The predicted molar refractivity (Wildman–Crippen MR) is 82.1 cm³/mol. The van der Waals surface area contributed by atoms with E-state index in [1.165, 1.54) is 49.1 Å². The highest BCUT2D eigenvalue weighted by molar-refractivity contribution is 8.00. The minimum absolute atomic E-state index is 0.114. The second-order valence-electron chi connectivity index (χ2n) is 5.36. The summed E-state index contributed by atoms with van der Waals surface area (Å²) in [6, 6.07) is 0. The average molecular weight is 296 g/mol. The van der Waals surface area contributed by atoms with E-state index in [0.717, 1.165) is 18.0 Å². The molecule has 1 heterocycles. The van der Waals surface area contributed by atoms with Gasteiger partial charge in [-0.15, -0.1) is 23.1 Å². The lowest BCUT2D eigenvalue weighted by Gasteiger charge is -2.07. The molecule has 1 saturated carbocycles. The van der Waals surface area contributed by atoms with E-state index in [9.17, 15) is 4.79 Å². The molecule has 0 bridgehead atoms.